The van der Waals surface area contributed by atoms with Gasteiger partial charge in [0.15, 0.2) is 0 Å². The van der Waals surface area contributed by atoms with Crippen LogP contribution in [0.1, 0.15) is 34.6 Å². The zero-order valence-electron chi connectivity index (χ0n) is 11.6. The summed E-state index contributed by atoms with van der Waals surface area (Å²) in [5.41, 5.74) is 0.0614. The van der Waals surface area contributed by atoms with Gasteiger partial charge >= 0.3 is 0 Å². The van der Waals surface area contributed by atoms with Crippen molar-refractivity contribution in [2.45, 2.75) is 59.0 Å². The van der Waals surface area contributed by atoms with Crippen LogP contribution in [0.3, 0.4) is 0 Å². The highest BCUT2D eigenvalue weighted by Gasteiger charge is 2.47. The van der Waals surface area contributed by atoms with Crippen molar-refractivity contribution < 1.29 is 14.2 Å². The van der Waals surface area contributed by atoms with Gasteiger partial charge in [0.2, 0.25) is 0 Å². The molecular weight excluding hydrogens is 204 g/mol. The first-order chi connectivity index (χ1) is 7.32. The van der Waals surface area contributed by atoms with Gasteiger partial charge < -0.3 is 14.2 Å². The second-order valence-corrected chi connectivity index (χ2v) is 5.89. The molecule has 1 saturated heterocycles. The Balaban J connectivity index is 2.93. The van der Waals surface area contributed by atoms with E-state index < -0.39 is 0 Å². The Morgan fingerprint density at radius 1 is 0.938 bits per heavy atom. The Morgan fingerprint density at radius 3 is 1.81 bits per heavy atom. The molecule has 0 spiro atoms. The van der Waals surface area contributed by atoms with Crippen LogP contribution in [-0.2, 0) is 14.2 Å². The van der Waals surface area contributed by atoms with E-state index in [9.17, 15) is 0 Å². The zero-order valence-corrected chi connectivity index (χ0v) is 11.6. The molecule has 1 heterocycles. The Kier molecular flexibility index (Phi) is 4.38. The molecule has 0 bridgehead atoms. The molecule has 3 nitrogen and oxygen atoms in total. The molecule has 5 atom stereocenters. The van der Waals surface area contributed by atoms with E-state index in [-0.39, 0.29) is 29.8 Å². The van der Waals surface area contributed by atoms with Crippen molar-refractivity contribution in [1.82, 2.24) is 0 Å². The first kappa shape index (κ1) is 13.9. The second kappa shape index (κ2) is 5.03. The van der Waals surface area contributed by atoms with Crippen LogP contribution in [0, 0.1) is 11.3 Å². The van der Waals surface area contributed by atoms with E-state index in [4.69, 9.17) is 14.2 Å². The van der Waals surface area contributed by atoms with E-state index in [1.807, 2.05) is 0 Å². The van der Waals surface area contributed by atoms with E-state index in [2.05, 4.69) is 34.6 Å². The van der Waals surface area contributed by atoms with Gasteiger partial charge in [0.1, 0.15) is 6.10 Å². The summed E-state index contributed by atoms with van der Waals surface area (Å²) in [5, 5.41) is 0. The van der Waals surface area contributed by atoms with Gasteiger partial charge in [-0.15, -0.1) is 0 Å². The molecule has 1 aliphatic rings. The van der Waals surface area contributed by atoms with E-state index >= 15 is 0 Å². The quantitative estimate of drug-likeness (QED) is 0.729. The van der Waals surface area contributed by atoms with Crippen LogP contribution in [0.2, 0.25) is 0 Å². The fraction of sp³-hybridized carbons (Fsp3) is 1.00. The van der Waals surface area contributed by atoms with Crippen molar-refractivity contribution in [3.63, 3.8) is 0 Å². The number of ether oxygens (including phenoxy) is 3. The van der Waals surface area contributed by atoms with Crippen LogP contribution in [0.15, 0.2) is 0 Å². The highest BCUT2D eigenvalue weighted by Crippen LogP contribution is 2.37. The second-order valence-electron chi connectivity index (χ2n) is 5.89. The minimum absolute atomic E-state index is 0.0104. The molecule has 16 heavy (non-hydrogen) atoms. The summed E-state index contributed by atoms with van der Waals surface area (Å²) in [6.07, 6.45) is 0.406. The highest BCUT2D eigenvalue weighted by atomic mass is 16.6. The smallest absolute Gasteiger partial charge is 0.110 e. The normalized spacial score (nSPS) is 41.1. The van der Waals surface area contributed by atoms with Crippen LogP contribution in [-0.4, -0.2) is 38.6 Å². The first-order valence-electron chi connectivity index (χ1n) is 6.04. The third kappa shape index (κ3) is 2.58. The molecular formula is C13H26O3. The van der Waals surface area contributed by atoms with Crippen molar-refractivity contribution >= 4 is 0 Å². The van der Waals surface area contributed by atoms with Crippen molar-refractivity contribution in [3.05, 3.63) is 0 Å². The molecule has 0 saturated carbocycles. The lowest BCUT2D eigenvalue weighted by atomic mass is 9.78. The minimum Gasteiger partial charge on any atom is -0.378 e. The molecule has 0 aromatic heterocycles. The van der Waals surface area contributed by atoms with Gasteiger partial charge in [-0.05, 0) is 12.3 Å². The van der Waals surface area contributed by atoms with Crippen molar-refractivity contribution in [1.29, 1.82) is 0 Å². The Hall–Kier alpha value is -0.120. The average Bonchev–Trinajstić information content (AvgIpc) is 2.19. The fourth-order valence-electron chi connectivity index (χ4n) is 2.47. The molecule has 1 rings (SSSR count). The van der Waals surface area contributed by atoms with Crippen LogP contribution in [0.4, 0.5) is 0 Å². The lowest BCUT2D eigenvalue weighted by Gasteiger charge is -2.48. The fourth-order valence-corrected chi connectivity index (χ4v) is 2.47. The van der Waals surface area contributed by atoms with Crippen molar-refractivity contribution in [3.8, 4) is 0 Å². The molecule has 0 aromatic carbocycles. The maximum absolute atomic E-state index is 6.09. The number of methoxy groups -OCH3 is 2. The number of hydrogen-bond donors (Lipinski definition) is 0. The predicted molar refractivity (Wildman–Crippen MR) is 64.5 cm³/mol. The highest BCUT2D eigenvalue weighted by molar-refractivity contribution is 4.95. The van der Waals surface area contributed by atoms with Crippen LogP contribution < -0.4 is 0 Å². The van der Waals surface area contributed by atoms with Crippen molar-refractivity contribution in [2.24, 2.45) is 11.3 Å². The van der Waals surface area contributed by atoms with Gasteiger partial charge in [-0.25, -0.2) is 0 Å². The molecule has 0 radical (unpaired) electrons. The summed E-state index contributed by atoms with van der Waals surface area (Å²) in [7, 11) is 3.49. The number of hydrogen-bond acceptors (Lipinski definition) is 3. The maximum Gasteiger partial charge on any atom is 0.110 e. The maximum atomic E-state index is 6.09. The van der Waals surface area contributed by atoms with Gasteiger partial charge in [-0.3, -0.25) is 0 Å². The summed E-state index contributed by atoms with van der Waals surface area (Å²) in [4.78, 5) is 0. The van der Waals surface area contributed by atoms with Crippen molar-refractivity contribution in [2.75, 3.05) is 14.2 Å². The van der Waals surface area contributed by atoms with Gasteiger partial charge in [0.05, 0.1) is 18.3 Å². The molecule has 96 valence electrons. The lowest BCUT2D eigenvalue weighted by molar-refractivity contribution is -0.232. The predicted octanol–water partition coefficient (Wildman–Crippen LogP) is 2.49. The Bertz CT molecular complexity index is 222. The minimum atomic E-state index is 0.0104. The molecule has 0 unspecified atom stereocenters. The Labute approximate surface area is 99.5 Å². The lowest BCUT2D eigenvalue weighted by Crippen LogP contribution is -2.58. The van der Waals surface area contributed by atoms with Gasteiger partial charge in [0, 0.05) is 20.1 Å². The van der Waals surface area contributed by atoms with Crippen LogP contribution in [0.25, 0.3) is 0 Å². The molecule has 0 aromatic rings. The van der Waals surface area contributed by atoms with E-state index in [0.29, 0.717) is 5.92 Å². The molecule has 3 heteroatoms. The first-order valence-corrected chi connectivity index (χ1v) is 6.04. The standard InChI is InChI=1S/C13H26O3/c1-8-9(2)16-12(13(3,4)5)11(15-7)10(8)14-6/h8-12H,1-7H3/t8-,9-,10-,11-,12-/m1/s1. The summed E-state index contributed by atoms with van der Waals surface area (Å²) in [5.74, 6) is 0.355. The summed E-state index contributed by atoms with van der Waals surface area (Å²) < 4.78 is 17.3. The molecule has 0 amide bonds. The van der Waals surface area contributed by atoms with E-state index in [1.165, 1.54) is 0 Å². The topological polar surface area (TPSA) is 27.7 Å². The van der Waals surface area contributed by atoms with E-state index in [0.717, 1.165) is 0 Å². The Morgan fingerprint density at radius 2 is 1.44 bits per heavy atom. The van der Waals surface area contributed by atoms with Gasteiger partial charge in [-0.1, -0.05) is 27.7 Å². The largest absolute Gasteiger partial charge is 0.378 e. The summed E-state index contributed by atoms with van der Waals surface area (Å²) in [6, 6.07) is 0. The van der Waals surface area contributed by atoms with Gasteiger partial charge in [0.25, 0.3) is 0 Å². The summed E-state index contributed by atoms with van der Waals surface area (Å²) >= 11 is 0. The molecule has 1 fully saturated rings. The molecule has 0 N–H and O–H groups in total. The zero-order chi connectivity index (χ0) is 12.5. The summed E-state index contributed by atoms with van der Waals surface area (Å²) in [6.45, 7) is 10.8. The molecule has 0 aliphatic carbocycles. The third-order valence-electron chi connectivity index (χ3n) is 3.64. The third-order valence-corrected chi connectivity index (χ3v) is 3.64. The molecule has 1 aliphatic heterocycles. The average molecular weight is 230 g/mol. The monoisotopic (exact) mass is 230 g/mol. The van der Waals surface area contributed by atoms with Gasteiger partial charge in [-0.2, -0.15) is 0 Å². The SMILES string of the molecule is CO[C@@H]1[C@H](C)[C@@H](C)O[C@@H](C(C)(C)C)[C@@H]1OC. The van der Waals surface area contributed by atoms with E-state index in [1.54, 1.807) is 14.2 Å². The van der Waals surface area contributed by atoms with Crippen LogP contribution >= 0.6 is 0 Å². The number of rotatable bonds is 2. The van der Waals surface area contributed by atoms with Crippen LogP contribution in [0.5, 0.6) is 0 Å².